The minimum absolute atomic E-state index is 0.0993. The predicted molar refractivity (Wildman–Crippen MR) is 70.6 cm³/mol. The van der Waals surface area contributed by atoms with Crippen molar-refractivity contribution in [3.8, 4) is 6.07 Å². The molecule has 0 unspecified atom stereocenters. The second kappa shape index (κ2) is 5.38. The number of nitrogens with one attached hydrogen (secondary N) is 1. The first kappa shape index (κ1) is 12.9. The second-order valence-electron chi connectivity index (χ2n) is 3.66. The molecule has 1 heterocycles. The van der Waals surface area contributed by atoms with Crippen molar-refractivity contribution in [2.75, 3.05) is 5.32 Å². The van der Waals surface area contributed by atoms with Gasteiger partial charge in [-0.2, -0.15) is 5.26 Å². The smallest absolute Gasteiger partial charge is 0.335 e. The molecular formula is C13H8ClN3O2. The molecular weight excluding hydrogens is 266 g/mol. The number of benzene rings is 1. The number of rotatable bonds is 3. The number of nitrogens with zero attached hydrogens (tertiary/aromatic N) is 2. The van der Waals surface area contributed by atoms with E-state index < -0.39 is 5.97 Å². The zero-order valence-corrected chi connectivity index (χ0v) is 10.3. The van der Waals surface area contributed by atoms with Crippen LogP contribution in [-0.2, 0) is 0 Å². The molecule has 2 rings (SSSR count). The Morgan fingerprint density at radius 1 is 1.37 bits per heavy atom. The average molecular weight is 274 g/mol. The Morgan fingerprint density at radius 2 is 2.16 bits per heavy atom. The Bertz CT molecular complexity index is 680. The fraction of sp³-hybridized carbons (Fsp3) is 0. The van der Waals surface area contributed by atoms with Gasteiger partial charge in [-0.05, 0) is 24.3 Å². The van der Waals surface area contributed by atoms with E-state index >= 15 is 0 Å². The van der Waals surface area contributed by atoms with E-state index in [1.54, 1.807) is 12.1 Å². The third-order valence-electron chi connectivity index (χ3n) is 2.43. The summed E-state index contributed by atoms with van der Waals surface area (Å²) >= 11 is 5.99. The van der Waals surface area contributed by atoms with Gasteiger partial charge in [0.2, 0.25) is 0 Å². The van der Waals surface area contributed by atoms with Crippen molar-refractivity contribution in [3.05, 3.63) is 52.8 Å². The number of pyridine rings is 1. The molecule has 1 aromatic heterocycles. The lowest BCUT2D eigenvalue weighted by Crippen LogP contribution is -1.99. The van der Waals surface area contributed by atoms with Crippen molar-refractivity contribution in [1.29, 1.82) is 5.26 Å². The summed E-state index contributed by atoms with van der Waals surface area (Å²) in [5.41, 5.74) is 1.54. The van der Waals surface area contributed by atoms with Crippen molar-refractivity contribution >= 4 is 28.9 Å². The van der Waals surface area contributed by atoms with Crippen molar-refractivity contribution in [2.45, 2.75) is 0 Å². The molecule has 19 heavy (non-hydrogen) atoms. The normalized spacial score (nSPS) is 9.68. The fourth-order valence-electron chi connectivity index (χ4n) is 1.49. The highest BCUT2D eigenvalue weighted by atomic mass is 35.5. The molecule has 0 saturated heterocycles. The summed E-state index contributed by atoms with van der Waals surface area (Å²) in [5, 5.41) is 21.0. The number of aromatic nitrogens is 1. The average Bonchev–Trinajstić information content (AvgIpc) is 2.41. The Hall–Kier alpha value is -2.58. The molecule has 1 aromatic carbocycles. The number of carboxylic acid groups (broad SMARTS) is 1. The summed E-state index contributed by atoms with van der Waals surface area (Å²) in [5.74, 6) is -1.05. The van der Waals surface area contributed by atoms with Crippen LogP contribution in [0.2, 0.25) is 5.02 Å². The zero-order chi connectivity index (χ0) is 13.8. The predicted octanol–water partition coefficient (Wildman–Crippen LogP) is 3.05. The van der Waals surface area contributed by atoms with Gasteiger partial charge < -0.3 is 10.4 Å². The van der Waals surface area contributed by atoms with E-state index in [1.807, 2.05) is 6.07 Å². The maximum atomic E-state index is 10.8. The van der Waals surface area contributed by atoms with Crippen LogP contribution in [0.5, 0.6) is 0 Å². The number of halogens is 1. The number of carboxylic acids is 1. The second-order valence-corrected chi connectivity index (χ2v) is 4.07. The lowest BCUT2D eigenvalue weighted by molar-refractivity contribution is 0.0697. The molecule has 0 radical (unpaired) electrons. The minimum atomic E-state index is -1.05. The van der Waals surface area contributed by atoms with Crippen LogP contribution in [0.15, 0.2) is 36.7 Å². The van der Waals surface area contributed by atoms with E-state index in [4.69, 9.17) is 22.0 Å². The van der Waals surface area contributed by atoms with Gasteiger partial charge >= 0.3 is 5.97 Å². The van der Waals surface area contributed by atoms with E-state index in [-0.39, 0.29) is 10.6 Å². The molecule has 0 saturated carbocycles. The first-order valence-corrected chi connectivity index (χ1v) is 5.63. The van der Waals surface area contributed by atoms with Crippen LogP contribution in [0.1, 0.15) is 15.9 Å². The van der Waals surface area contributed by atoms with Gasteiger partial charge in [0.25, 0.3) is 0 Å². The number of anilines is 2. The van der Waals surface area contributed by atoms with Gasteiger partial charge in [-0.15, -0.1) is 0 Å². The van der Waals surface area contributed by atoms with Gasteiger partial charge in [0.15, 0.2) is 0 Å². The Labute approximate surface area is 114 Å². The summed E-state index contributed by atoms with van der Waals surface area (Å²) in [4.78, 5) is 14.7. The summed E-state index contributed by atoms with van der Waals surface area (Å²) in [6.45, 7) is 0. The van der Waals surface area contributed by atoms with Crippen LogP contribution in [0, 0.1) is 11.3 Å². The third-order valence-corrected chi connectivity index (χ3v) is 2.74. The molecule has 0 aliphatic heterocycles. The number of hydrogen-bond donors (Lipinski definition) is 2. The quantitative estimate of drug-likeness (QED) is 0.897. The topological polar surface area (TPSA) is 86.0 Å². The van der Waals surface area contributed by atoms with E-state index in [9.17, 15) is 4.79 Å². The largest absolute Gasteiger partial charge is 0.478 e. The van der Waals surface area contributed by atoms with Crippen molar-refractivity contribution in [2.24, 2.45) is 0 Å². The van der Waals surface area contributed by atoms with Gasteiger partial charge in [-0.25, -0.2) is 4.79 Å². The van der Waals surface area contributed by atoms with E-state index in [2.05, 4.69) is 10.3 Å². The lowest BCUT2D eigenvalue weighted by atomic mass is 10.2. The zero-order valence-electron chi connectivity index (χ0n) is 9.59. The highest BCUT2D eigenvalue weighted by Gasteiger charge is 2.08. The van der Waals surface area contributed by atoms with Crippen molar-refractivity contribution in [3.63, 3.8) is 0 Å². The summed E-state index contributed by atoms with van der Waals surface area (Å²) < 4.78 is 0. The first-order chi connectivity index (χ1) is 9.11. The van der Waals surface area contributed by atoms with Gasteiger partial charge in [-0.1, -0.05) is 11.6 Å². The Kier molecular flexibility index (Phi) is 3.64. The molecule has 0 aliphatic carbocycles. The molecule has 6 heteroatoms. The van der Waals surface area contributed by atoms with Crippen molar-refractivity contribution < 1.29 is 9.90 Å². The highest BCUT2D eigenvalue weighted by Crippen LogP contribution is 2.27. The van der Waals surface area contributed by atoms with Gasteiger partial charge in [0.1, 0.15) is 6.07 Å². The highest BCUT2D eigenvalue weighted by molar-refractivity contribution is 6.33. The Morgan fingerprint density at radius 3 is 2.79 bits per heavy atom. The van der Waals surface area contributed by atoms with Gasteiger partial charge in [-0.3, -0.25) is 4.98 Å². The molecule has 0 atom stereocenters. The molecule has 94 valence electrons. The van der Waals surface area contributed by atoms with E-state index in [0.717, 1.165) is 0 Å². The number of nitriles is 1. The number of hydrogen-bond acceptors (Lipinski definition) is 4. The molecule has 2 aromatic rings. The maximum Gasteiger partial charge on any atom is 0.335 e. The summed E-state index contributed by atoms with van der Waals surface area (Å²) in [7, 11) is 0. The van der Waals surface area contributed by atoms with Crippen molar-refractivity contribution in [1.82, 2.24) is 4.98 Å². The van der Waals surface area contributed by atoms with Gasteiger partial charge in [0.05, 0.1) is 33.7 Å². The van der Waals surface area contributed by atoms with Gasteiger partial charge in [0, 0.05) is 6.20 Å². The number of aromatic carboxylic acids is 1. The van der Waals surface area contributed by atoms with Crippen LogP contribution in [0.4, 0.5) is 11.4 Å². The summed E-state index contributed by atoms with van der Waals surface area (Å²) in [6.07, 6.45) is 3.01. The van der Waals surface area contributed by atoms with Crippen LogP contribution in [-0.4, -0.2) is 16.1 Å². The van der Waals surface area contributed by atoms with E-state index in [0.29, 0.717) is 16.9 Å². The lowest BCUT2D eigenvalue weighted by Gasteiger charge is -2.09. The molecule has 0 amide bonds. The maximum absolute atomic E-state index is 10.8. The fourth-order valence-corrected chi connectivity index (χ4v) is 1.71. The minimum Gasteiger partial charge on any atom is -0.478 e. The molecule has 2 N–H and O–H groups in total. The molecule has 0 aliphatic rings. The molecule has 0 fully saturated rings. The Balaban J connectivity index is 2.34. The summed E-state index contributed by atoms with van der Waals surface area (Å²) in [6, 6.07) is 7.91. The number of carbonyl (C=O) groups is 1. The van der Waals surface area contributed by atoms with Crippen LogP contribution < -0.4 is 5.32 Å². The van der Waals surface area contributed by atoms with Crippen LogP contribution in [0.25, 0.3) is 0 Å². The monoisotopic (exact) mass is 273 g/mol. The SMILES string of the molecule is N#Cc1ccncc1Nc1ccc(C(=O)O)cc1Cl. The molecule has 5 nitrogen and oxygen atoms in total. The first-order valence-electron chi connectivity index (χ1n) is 5.26. The van der Waals surface area contributed by atoms with E-state index in [1.165, 1.54) is 24.5 Å². The molecule has 0 bridgehead atoms. The van der Waals surface area contributed by atoms with Crippen LogP contribution in [0.3, 0.4) is 0 Å². The standard InChI is InChI=1S/C13H8ClN3O2/c14-10-5-8(13(18)19)1-2-11(10)17-12-7-16-4-3-9(12)6-15/h1-5,7,17H,(H,18,19). The molecule has 0 spiro atoms. The van der Waals surface area contributed by atoms with Crippen LogP contribution >= 0.6 is 11.6 Å². The third kappa shape index (κ3) is 2.81.